The van der Waals surface area contributed by atoms with E-state index >= 15 is 0 Å². The number of ether oxygens (including phenoxy) is 1. The highest BCUT2D eigenvalue weighted by molar-refractivity contribution is 5.81. The Kier molecular flexibility index (Phi) is 6.37. The Morgan fingerprint density at radius 1 is 0.595 bits per heavy atom. The van der Waals surface area contributed by atoms with Crippen molar-refractivity contribution < 1.29 is 14.3 Å². The van der Waals surface area contributed by atoms with Gasteiger partial charge in [-0.05, 0) is 35.4 Å². The second-order valence-corrected chi connectivity index (χ2v) is 9.55. The zero-order valence-electron chi connectivity index (χ0n) is 20.6. The van der Waals surface area contributed by atoms with E-state index in [1.165, 1.54) is 0 Å². The van der Waals surface area contributed by atoms with Crippen molar-refractivity contribution >= 4 is 11.8 Å². The van der Waals surface area contributed by atoms with Gasteiger partial charge in [0.1, 0.15) is 13.2 Å². The molecule has 0 aliphatic carbocycles. The van der Waals surface area contributed by atoms with Gasteiger partial charge in [-0.25, -0.2) is 0 Å². The summed E-state index contributed by atoms with van der Waals surface area (Å²) in [4.78, 5) is 30.4. The highest BCUT2D eigenvalue weighted by atomic mass is 16.5. The van der Waals surface area contributed by atoms with Gasteiger partial charge in [-0.3, -0.25) is 9.59 Å². The van der Waals surface area contributed by atoms with Crippen LogP contribution in [0.3, 0.4) is 0 Å². The van der Waals surface area contributed by atoms with Crippen molar-refractivity contribution in [3.05, 3.63) is 120 Å². The van der Waals surface area contributed by atoms with Crippen LogP contribution in [0.4, 0.5) is 0 Å². The summed E-state index contributed by atoms with van der Waals surface area (Å²) in [7, 11) is 0. The molecule has 2 aliphatic rings. The smallest absolute Gasteiger partial charge is 0.249 e. The molecule has 0 radical (unpaired) electrons. The standard InChI is InChI=1S/C30H30N4O3/c35-27(33-19-17-31-15-7-13-25(31)29(33)23-9-3-1-4-10-23)21-37-22-28(36)34-20-18-32-16-8-14-26(32)30(34)24-11-5-2-6-12-24/h1-16,29-30H,17-22H2. The van der Waals surface area contributed by atoms with E-state index in [9.17, 15) is 9.59 Å². The molecule has 2 aliphatic heterocycles. The molecule has 6 rings (SSSR count). The minimum absolute atomic E-state index is 0.110. The first-order valence-electron chi connectivity index (χ1n) is 12.8. The third-order valence-electron chi connectivity index (χ3n) is 7.40. The predicted molar refractivity (Wildman–Crippen MR) is 140 cm³/mol. The van der Waals surface area contributed by atoms with E-state index in [1.54, 1.807) is 0 Å². The SMILES string of the molecule is O=C(COCC(=O)N1CCn2cccc2C1c1ccccc1)N1CCn2cccc2C1c1ccccc1. The van der Waals surface area contributed by atoms with E-state index in [-0.39, 0.29) is 37.1 Å². The van der Waals surface area contributed by atoms with Crippen molar-refractivity contribution in [3.8, 4) is 0 Å². The number of benzene rings is 2. The van der Waals surface area contributed by atoms with Crippen LogP contribution in [-0.4, -0.2) is 57.1 Å². The Hall–Kier alpha value is -4.10. The van der Waals surface area contributed by atoms with E-state index in [2.05, 4.69) is 33.7 Å². The number of rotatable bonds is 6. The fraction of sp³-hybridized carbons (Fsp3) is 0.267. The van der Waals surface area contributed by atoms with Crippen LogP contribution in [0.15, 0.2) is 97.3 Å². The number of hydrogen-bond acceptors (Lipinski definition) is 3. The van der Waals surface area contributed by atoms with Crippen LogP contribution in [0.5, 0.6) is 0 Å². The monoisotopic (exact) mass is 494 g/mol. The second kappa shape index (κ2) is 10.1. The fourth-order valence-corrected chi connectivity index (χ4v) is 5.67. The molecule has 4 aromatic rings. The Morgan fingerprint density at radius 3 is 1.46 bits per heavy atom. The van der Waals surface area contributed by atoms with Gasteiger partial charge in [0.2, 0.25) is 11.8 Å². The molecule has 188 valence electrons. The van der Waals surface area contributed by atoms with Crippen molar-refractivity contribution in [2.45, 2.75) is 25.2 Å². The van der Waals surface area contributed by atoms with E-state index < -0.39 is 0 Å². The lowest BCUT2D eigenvalue weighted by Gasteiger charge is -2.38. The summed E-state index contributed by atoms with van der Waals surface area (Å²) >= 11 is 0. The van der Waals surface area contributed by atoms with Crippen LogP contribution in [-0.2, 0) is 27.4 Å². The summed E-state index contributed by atoms with van der Waals surface area (Å²) in [5, 5.41) is 0. The lowest BCUT2D eigenvalue weighted by molar-refractivity contribution is -0.145. The third-order valence-corrected chi connectivity index (χ3v) is 7.40. The molecule has 2 amide bonds. The first kappa shape index (κ1) is 23.3. The Bertz CT molecular complexity index is 1270. The molecule has 0 N–H and O–H groups in total. The van der Waals surface area contributed by atoms with Crippen LogP contribution >= 0.6 is 0 Å². The molecule has 37 heavy (non-hydrogen) atoms. The first-order chi connectivity index (χ1) is 18.2. The number of carbonyl (C=O) groups excluding carboxylic acids is 2. The molecule has 2 atom stereocenters. The molecule has 0 saturated heterocycles. The van der Waals surface area contributed by atoms with Crippen LogP contribution in [0.25, 0.3) is 0 Å². The van der Waals surface area contributed by atoms with Crippen LogP contribution in [0, 0.1) is 0 Å². The Morgan fingerprint density at radius 2 is 1.03 bits per heavy atom. The molecule has 0 saturated carbocycles. The summed E-state index contributed by atoms with van der Waals surface area (Å²) in [6.45, 7) is 2.41. The minimum atomic E-state index is -0.172. The number of carbonyl (C=O) groups is 2. The predicted octanol–water partition coefficient (Wildman–Crippen LogP) is 3.87. The van der Waals surface area contributed by atoms with E-state index in [0.29, 0.717) is 13.1 Å². The Balaban J connectivity index is 1.14. The molecular formula is C30H30N4O3. The maximum absolute atomic E-state index is 13.3. The lowest BCUT2D eigenvalue weighted by Crippen LogP contribution is -2.45. The van der Waals surface area contributed by atoms with Gasteiger partial charge in [0.05, 0.1) is 12.1 Å². The minimum Gasteiger partial charge on any atom is -0.362 e. The van der Waals surface area contributed by atoms with Crippen molar-refractivity contribution in [2.24, 2.45) is 0 Å². The third kappa shape index (κ3) is 4.47. The summed E-state index contributed by atoms with van der Waals surface area (Å²) in [5.41, 5.74) is 4.30. The molecule has 0 bridgehead atoms. The molecule has 7 nitrogen and oxygen atoms in total. The van der Waals surface area contributed by atoms with Gasteiger partial charge in [-0.15, -0.1) is 0 Å². The Labute approximate surface area is 216 Å². The van der Waals surface area contributed by atoms with Crippen LogP contribution in [0.1, 0.15) is 34.6 Å². The topological polar surface area (TPSA) is 59.7 Å². The van der Waals surface area contributed by atoms with Crippen molar-refractivity contribution in [3.63, 3.8) is 0 Å². The van der Waals surface area contributed by atoms with Crippen LogP contribution in [0.2, 0.25) is 0 Å². The second-order valence-electron chi connectivity index (χ2n) is 9.55. The summed E-state index contributed by atoms with van der Waals surface area (Å²) in [6, 6.07) is 28.0. The van der Waals surface area contributed by atoms with Gasteiger partial charge in [-0.2, -0.15) is 0 Å². The number of aromatic nitrogens is 2. The maximum Gasteiger partial charge on any atom is 0.249 e. The summed E-state index contributed by atoms with van der Waals surface area (Å²) < 4.78 is 10.2. The maximum atomic E-state index is 13.3. The molecule has 4 heterocycles. The van der Waals surface area contributed by atoms with Gasteiger partial charge in [0.15, 0.2) is 0 Å². The molecule has 2 unspecified atom stereocenters. The number of amides is 2. The van der Waals surface area contributed by atoms with Gasteiger partial charge in [0, 0.05) is 50.0 Å². The summed E-state index contributed by atoms with van der Waals surface area (Å²) in [5.74, 6) is -0.220. The van der Waals surface area contributed by atoms with Gasteiger partial charge in [0.25, 0.3) is 0 Å². The van der Waals surface area contributed by atoms with E-state index in [0.717, 1.165) is 35.6 Å². The average Bonchev–Trinajstić information content (AvgIpc) is 3.62. The fourth-order valence-electron chi connectivity index (χ4n) is 5.67. The van der Waals surface area contributed by atoms with Gasteiger partial charge in [-0.1, -0.05) is 60.7 Å². The van der Waals surface area contributed by atoms with Gasteiger partial charge >= 0.3 is 0 Å². The summed E-state index contributed by atoms with van der Waals surface area (Å²) in [6.07, 6.45) is 4.11. The van der Waals surface area contributed by atoms with Crippen molar-refractivity contribution in [1.29, 1.82) is 0 Å². The van der Waals surface area contributed by atoms with Crippen molar-refractivity contribution in [1.82, 2.24) is 18.9 Å². The number of hydrogen-bond donors (Lipinski definition) is 0. The highest BCUT2D eigenvalue weighted by Crippen LogP contribution is 2.33. The molecule has 7 heteroatoms. The van der Waals surface area contributed by atoms with E-state index in [1.807, 2.05) is 82.6 Å². The lowest BCUT2D eigenvalue weighted by atomic mass is 10.00. The van der Waals surface area contributed by atoms with E-state index in [4.69, 9.17) is 4.74 Å². The first-order valence-corrected chi connectivity index (χ1v) is 12.8. The number of nitrogens with zero attached hydrogens (tertiary/aromatic N) is 4. The zero-order chi connectivity index (χ0) is 25.2. The van der Waals surface area contributed by atoms with Crippen molar-refractivity contribution in [2.75, 3.05) is 26.3 Å². The molecule has 0 spiro atoms. The highest BCUT2D eigenvalue weighted by Gasteiger charge is 2.34. The number of fused-ring (bicyclic) bond motifs is 2. The zero-order valence-corrected chi connectivity index (χ0v) is 20.6. The molecule has 2 aromatic heterocycles. The largest absolute Gasteiger partial charge is 0.362 e. The molecular weight excluding hydrogens is 464 g/mol. The normalized spacial score (nSPS) is 18.8. The van der Waals surface area contributed by atoms with Gasteiger partial charge < -0.3 is 23.7 Å². The average molecular weight is 495 g/mol. The van der Waals surface area contributed by atoms with Crippen LogP contribution < -0.4 is 0 Å². The molecule has 0 fully saturated rings. The quantitative estimate of drug-likeness (QED) is 0.409. The molecule has 2 aromatic carbocycles.